The van der Waals surface area contributed by atoms with Crippen molar-refractivity contribution in [2.45, 2.75) is 19.5 Å². The zero-order valence-corrected chi connectivity index (χ0v) is 28.5. The van der Waals surface area contributed by atoms with Gasteiger partial charge in [-0.05, 0) is 54.3 Å². The van der Waals surface area contributed by atoms with Crippen molar-refractivity contribution in [1.82, 2.24) is 19.6 Å². The Labute approximate surface area is 281 Å². The van der Waals surface area contributed by atoms with E-state index in [1.807, 2.05) is 12.2 Å². The third-order valence-corrected chi connectivity index (χ3v) is 16.4. The number of fused-ring (bicyclic) bond motifs is 6. The summed E-state index contributed by atoms with van der Waals surface area (Å²) in [6.07, 6.45) is 3.69. The Morgan fingerprint density at radius 2 is 1.02 bits per heavy atom. The molecule has 0 radical (unpaired) electrons. The van der Waals surface area contributed by atoms with Crippen LogP contribution in [0, 0.1) is 0 Å². The van der Waals surface area contributed by atoms with Gasteiger partial charge in [0, 0.05) is 39.3 Å². The standard InChI is InChI=1S/C31H30N4O7S4/c1-18-30(34(4)25(40)28(16-36,32(18)2)43-45-30)23(38)21-12-8-19(9-13-21)6-7-20-10-14-22(15-11-20)24(39)31-27(42)33(3)29(17-37,44-46-31)26(41)35(31)5/h6-15,36-37H,1,16-17H2,2-5H3/b7-6+/t28-,29-,30+,31-/m0/s1. The van der Waals surface area contributed by atoms with Gasteiger partial charge in [0.05, 0.1) is 18.9 Å². The number of Topliss-reactive ketones (excluding diaryl/α,β-unsaturated/α-hetero) is 2. The number of likely N-dealkylation sites (N-methyl/N-ethyl adjacent to an activating group) is 4. The Balaban J connectivity index is 1.18. The molecular weight excluding hydrogens is 669 g/mol. The van der Waals surface area contributed by atoms with Crippen LogP contribution in [-0.4, -0.2) is 120 Å². The molecule has 0 unspecified atom stereocenters. The van der Waals surface area contributed by atoms with E-state index in [0.29, 0.717) is 11.3 Å². The van der Waals surface area contributed by atoms with Crippen LogP contribution in [0.4, 0.5) is 0 Å². The summed E-state index contributed by atoms with van der Waals surface area (Å²) in [4.78, 5) is 66.7. The molecule has 6 aliphatic rings. The number of benzene rings is 2. The number of carbonyl (C=O) groups is 5. The van der Waals surface area contributed by atoms with Gasteiger partial charge in [-0.1, -0.05) is 67.3 Å². The lowest BCUT2D eigenvalue weighted by Crippen LogP contribution is -2.78. The highest BCUT2D eigenvalue weighted by atomic mass is 33.1. The number of hydrogen-bond donors (Lipinski definition) is 2. The Morgan fingerprint density at radius 3 is 1.48 bits per heavy atom. The summed E-state index contributed by atoms with van der Waals surface area (Å²) in [6, 6.07) is 13.6. The minimum Gasteiger partial charge on any atom is -0.392 e. The lowest BCUT2D eigenvalue weighted by atomic mass is 9.94. The van der Waals surface area contributed by atoms with Crippen LogP contribution >= 0.6 is 43.2 Å². The van der Waals surface area contributed by atoms with Gasteiger partial charge >= 0.3 is 0 Å². The lowest BCUT2D eigenvalue weighted by Gasteiger charge is -2.60. The summed E-state index contributed by atoms with van der Waals surface area (Å²) >= 11 is 0. The molecule has 240 valence electrons. The molecule has 0 saturated carbocycles. The van der Waals surface area contributed by atoms with E-state index >= 15 is 0 Å². The fraction of sp³-hybridized carbons (Fsp3) is 0.323. The third kappa shape index (κ3) is 4.08. The highest BCUT2D eigenvalue weighted by Crippen LogP contribution is 2.62. The maximum atomic E-state index is 13.8. The first-order valence-electron chi connectivity index (χ1n) is 14.0. The summed E-state index contributed by atoms with van der Waals surface area (Å²) in [5.41, 5.74) is 2.68. The van der Waals surface area contributed by atoms with E-state index in [4.69, 9.17) is 0 Å². The fourth-order valence-corrected chi connectivity index (χ4v) is 13.3. The molecule has 4 atom stereocenters. The van der Waals surface area contributed by atoms with Gasteiger partial charge in [0.1, 0.15) is 0 Å². The highest BCUT2D eigenvalue weighted by molar-refractivity contribution is 8.78. The van der Waals surface area contributed by atoms with Gasteiger partial charge in [-0.15, -0.1) is 0 Å². The van der Waals surface area contributed by atoms with E-state index < -0.39 is 50.3 Å². The third-order valence-electron chi connectivity index (χ3n) is 9.15. The number of nitrogens with zero attached hydrogens (tertiary/aromatic N) is 4. The van der Waals surface area contributed by atoms with Crippen LogP contribution in [-0.2, 0) is 14.4 Å². The van der Waals surface area contributed by atoms with Gasteiger partial charge in [0.15, 0.2) is 4.87 Å². The van der Waals surface area contributed by atoms with Gasteiger partial charge in [0.25, 0.3) is 17.7 Å². The molecule has 0 spiro atoms. The Kier molecular flexibility index (Phi) is 7.97. The number of ketones is 2. The Morgan fingerprint density at radius 1 is 0.630 bits per heavy atom. The highest BCUT2D eigenvalue weighted by Gasteiger charge is 2.71. The lowest BCUT2D eigenvalue weighted by molar-refractivity contribution is -0.163. The molecule has 0 aromatic heterocycles. The monoisotopic (exact) mass is 698 g/mol. The fourth-order valence-electron chi connectivity index (χ4n) is 5.99. The van der Waals surface area contributed by atoms with Crippen molar-refractivity contribution in [3.8, 4) is 0 Å². The zero-order valence-electron chi connectivity index (χ0n) is 25.3. The van der Waals surface area contributed by atoms with Crippen molar-refractivity contribution in [3.05, 3.63) is 83.1 Å². The molecule has 2 aromatic carbocycles. The average molecular weight is 699 g/mol. The molecule has 4 bridgehead atoms. The quantitative estimate of drug-likeness (QED) is 0.181. The topological polar surface area (TPSA) is 139 Å². The molecule has 8 rings (SSSR count). The summed E-state index contributed by atoms with van der Waals surface area (Å²) < 4.78 is 0. The molecule has 0 aliphatic carbocycles. The van der Waals surface area contributed by atoms with Crippen LogP contribution < -0.4 is 0 Å². The predicted octanol–water partition coefficient (Wildman–Crippen LogP) is 2.63. The molecule has 6 aliphatic heterocycles. The van der Waals surface area contributed by atoms with Crippen molar-refractivity contribution in [2.75, 3.05) is 41.4 Å². The van der Waals surface area contributed by atoms with Crippen molar-refractivity contribution >= 4 is 84.6 Å². The minimum atomic E-state index is -1.76. The number of hydrogen-bond acceptors (Lipinski definition) is 12. The second-order valence-electron chi connectivity index (χ2n) is 11.3. The number of amides is 3. The van der Waals surface area contributed by atoms with Crippen LogP contribution in [0.15, 0.2) is 60.8 Å². The summed E-state index contributed by atoms with van der Waals surface area (Å²) in [6.45, 7) is 3.15. The first-order chi connectivity index (χ1) is 21.8. The molecule has 3 amide bonds. The number of piperazine rings is 2. The van der Waals surface area contributed by atoms with Gasteiger partial charge < -0.3 is 29.8 Å². The zero-order chi connectivity index (χ0) is 33.4. The van der Waals surface area contributed by atoms with E-state index in [1.54, 1.807) is 67.5 Å². The SMILES string of the molecule is C=C1N(C)[C@@]2(CO)SS[C@]1(C(=O)c1ccc(/C=C/c3ccc(C(=O)[C@@]45SS[C@@](CO)(C(=O)N4C)N(C)C5=O)cc3)cc1)N(C)C2=O. The summed E-state index contributed by atoms with van der Waals surface area (Å²) in [5, 5.41) is 19.9. The maximum Gasteiger partial charge on any atom is 0.269 e. The maximum absolute atomic E-state index is 13.8. The molecule has 46 heavy (non-hydrogen) atoms. The van der Waals surface area contributed by atoms with E-state index in [0.717, 1.165) is 37.6 Å². The van der Waals surface area contributed by atoms with E-state index in [1.165, 1.54) is 45.5 Å². The smallest absolute Gasteiger partial charge is 0.269 e. The number of rotatable bonds is 8. The van der Waals surface area contributed by atoms with Crippen molar-refractivity contribution < 1.29 is 34.2 Å². The molecule has 2 aromatic rings. The first-order valence-corrected chi connectivity index (χ1v) is 18.3. The molecule has 2 N–H and O–H groups in total. The number of aliphatic hydroxyl groups is 2. The Bertz CT molecular complexity index is 1610. The minimum absolute atomic E-state index is 0.264. The molecular formula is C31H30N4O7S4. The first kappa shape index (κ1) is 32.7. The van der Waals surface area contributed by atoms with Crippen LogP contribution in [0.1, 0.15) is 31.8 Å². The van der Waals surface area contributed by atoms with E-state index in [-0.39, 0.29) is 17.3 Å². The molecule has 15 heteroatoms. The molecule has 6 fully saturated rings. The normalized spacial score (nSPS) is 30.7. The predicted molar refractivity (Wildman–Crippen MR) is 181 cm³/mol. The van der Waals surface area contributed by atoms with Crippen LogP contribution in [0.3, 0.4) is 0 Å². The van der Waals surface area contributed by atoms with Crippen molar-refractivity contribution in [2.24, 2.45) is 0 Å². The number of carbonyl (C=O) groups excluding carboxylic acids is 5. The van der Waals surface area contributed by atoms with Gasteiger partial charge in [-0.25, -0.2) is 0 Å². The van der Waals surface area contributed by atoms with Crippen LogP contribution in [0.25, 0.3) is 12.2 Å². The molecule has 6 heterocycles. The second-order valence-corrected chi connectivity index (χ2v) is 16.5. The van der Waals surface area contributed by atoms with Gasteiger partial charge in [0.2, 0.25) is 26.2 Å². The van der Waals surface area contributed by atoms with Gasteiger partial charge in [-0.3, -0.25) is 24.0 Å². The summed E-state index contributed by atoms with van der Waals surface area (Å²) in [5.74, 6) is -2.22. The van der Waals surface area contributed by atoms with Crippen molar-refractivity contribution in [1.29, 1.82) is 0 Å². The van der Waals surface area contributed by atoms with Gasteiger partial charge in [-0.2, -0.15) is 0 Å². The number of aliphatic hydroxyl groups excluding tert-OH is 2. The molecule has 11 nitrogen and oxygen atoms in total. The summed E-state index contributed by atoms with van der Waals surface area (Å²) in [7, 11) is 10.5. The van der Waals surface area contributed by atoms with E-state index in [9.17, 15) is 34.2 Å². The molecule has 6 saturated heterocycles. The van der Waals surface area contributed by atoms with Crippen LogP contribution in [0.5, 0.6) is 0 Å². The van der Waals surface area contributed by atoms with Crippen LogP contribution in [0.2, 0.25) is 0 Å². The average Bonchev–Trinajstić information content (AvgIpc) is 3.08. The Hall–Kier alpha value is -3.21. The largest absolute Gasteiger partial charge is 0.392 e. The van der Waals surface area contributed by atoms with Crippen molar-refractivity contribution in [3.63, 3.8) is 0 Å². The van der Waals surface area contributed by atoms with E-state index in [2.05, 4.69) is 6.58 Å². The second kappa shape index (κ2) is 11.2.